The third-order valence-corrected chi connectivity index (χ3v) is 3.63. The van der Waals surface area contributed by atoms with Crippen LogP contribution in [0.25, 0.3) is 0 Å². The van der Waals surface area contributed by atoms with Crippen molar-refractivity contribution >= 4 is 11.8 Å². The van der Waals surface area contributed by atoms with Crippen LogP contribution in [0, 0.1) is 5.92 Å². The van der Waals surface area contributed by atoms with Crippen LogP contribution in [0.4, 0.5) is 0 Å². The second-order valence-corrected chi connectivity index (χ2v) is 5.68. The van der Waals surface area contributed by atoms with Gasteiger partial charge in [0.25, 0.3) is 0 Å². The van der Waals surface area contributed by atoms with Crippen LogP contribution in [0.5, 0.6) is 0 Å². The van der Waals surface area contributed by atoms with Crippen molar-refractivity contribution in [2.24, 2.45) is 11.7 Å². The molecule has 0 aromatic carbocycles. The van der Waals surface area contributed by atoms with E-state index in [4.69, 9.17) is 15.9 Å². The largest absolute Gasteiger partial charge is 0.395 e. The van der Waals surface area contributed by atoms with Crippen molar-refractivity contribution in [3.63, 3.8) is 0 Å². The summed E-state index contributed by atoms with van der Waals surface area (Å²) in [6.07, 6.45) is 10.3. The number of hydrogen-bond donors (Lipinski definition) is 3. The Hall–Kier alpha value is -1.40. The second kappa shape index (κ2) is 14.2. The van der Waals surface area contributed by atoms with E-state index in [1.165, 1.54) is 24.2 Å². The van der Waals surface area contributed by atoms with E-state index in [1.54, 1.807) is 6.08 Å². The van der Waals surface area contributed by atoms with Gasteiger partial charge in [0.2, 0.25) is 11.8 Å². The van der Waals surface area contributed by atoms with Gasteiger partial charge in [-0.05, 0) is 12.8 Å². The highest BCUT2D eigenvalue weighted by molar-refractivity contribution is 5.86. The number of carbonyl (C=O) groups is 2. The number of hydrogen-bond acceptors (Lipinski definition) is 4. The molecule has 0 rings (SSSR count). The highest BCUT2D eigenvalue weighted by Crippen LogP contribution is 2.12. The predicted octanol–water partition coefficient (Wildman–Crippen LogP) is 1.21. The number of carbonyl (C=O) groups excluding carboxylic acids is 2. The predicted molar refractivity (Wildman–Crippen MR) is 90.6 cm³/mol. The molecule has 6 heteroatoms. The van der Waals surface area contributed by atoms with E-state index >= 15 is 0 Å². The van der Waals surface area contributed by atoms with E-state index in [2.05, 4.69) is 6.92 Å². The number of allylic oxidation sites excluding steroid dienone is 1. The van der Waals surface area contributed by atoms with Gasteiger partial charge < -0.3 is 20.8 Å². The lowest BCUT2D eigenvalue weighted by atomic mass is 10.0. The summed E-state index contributed by atoms with van der Waals surface area (Å²) in [6.45, 7) is 2.08. The number of nitrogens with two attached hydrogens (primary N) is 1. The zero-order valence-corrected chi connectivity index (χ0v) is 14.2. The average Bonchev–Trinajstić information content (AvgIpc) is 2.51. The first-order chi connectivity index (χ1) is 11.1. The lowest BCUT2D eigenvalue weighted by molar-refractivity contribution is -0.137. The molecule has 2 amide bonds. The molecule has 134 valence electrons. The van der Waals surface area contributed by atoms with Crippen molar-refractivity contribution in [3.8, 4) is 0 Å². The molecular formula is C17H32N2O4. The molecule has 0 aliphatic rings. The molecule has 0 heterocycles. The van der Waals surface area contributed by atoms with Crippen molar-refractivity contribution in [3.05, 3.63) is 12.2 Å². The number of amides is 2. The monoisotopic (exact) mass is 328 g/mol. The van der Waals surface area contributed by atoms with E-state index in [0.717, 1.165) is 19.3 Å². The van der Waals surface area contributed by atoms with Crippen LogP contribution in [0.3, 0.4) is 0 Å². The van der Waals surface area contributed by atoms with Crippen LogP contribution in [0.1, 0.15) is 51.9 Å². The minimum Gasteiger partial charge on any atom is -0.395 e. The van der Waals surface area contributed by atoms with Crippen molar-refractivity contribution < 1.29 is 19.8 Å². The van der Waals surface area contributed by atoms with E-state index in [0.29, 0.717) is 0 Å². The number of aliphatic hydroxyl groups excluding tert-OH is 2. The lowest BCUT2D eigenvalue weighted by Gasteiger charge is -2.24. The number of aliphatic hydroxyl groups is 2. The Morgan fingerprint density at radius 1 is 1.09 bits per heavy atom. The molecule has 0 aromatic heterocycles. The van der Waals surface area contributed by atoms with Gasteiger partial charge in [0.05, 0.1) is 19.1 Å². The molecule has 0 radical (unpaired) electrons. The molecule has 0 aliphatic carbocycles. The molecule has 1 unspecified atom stereocenters. The van der Waals surface area contributed by atoms with Crippen molar-refractivity contribution in [1.29, 1.82) is 0 Å². The summed E-state index contributed by atoms with van der Waals surface area (Å²) in [4.78, 5) is 24.9. The van der Waals surface area contributed by atoms with Gasteiger partial charge in [-0.2, -0.15) is 0 Å². The first-order valence-electron chi connectivity index (χ1n) is 8.52. The van der Waals surface area contributed by atoms with Gasteiger partial charge in [-0.1, -0.05) is 44.8 Å². The second-order valence-electron chi connectivity index (χ2n) is 5.68. The molecule has 0 aliphatic heterocycles. The summed E-state index contributed by atoms with van der Waals surface area (Å²) >= 11 is 0. The molecule has 1 atom stereocenters. The molecule has 0 bridgehead atoms. The minimum absolute atomic E-state index is 0.0570. The summed E-state index contributed by atoms with van der Waals surface area (Å²) in [5, 5.41) is 18.0. The molecule has 0 aromatic rings. The fourth-order valence-corrected chi connectivity index (χ4v) is 2.39. The Morgan fingerprint density at radius 3 is 2.22 bits per heavy atom. The third-order valence-electron chi connectivity index (χ3n) is 3.63. The molecule has 0 saturated carbocycles. The molecule has 4 N–H and O–H groups in total. The highest BCUT2D eigenvalue weighted by atomic mass is 16.3. The topological polar surface area (TPSA) is 104 Å². The van der Waals surface area contributed by atoms with Crippen molar-refractivity contribution in [2.75, 3.05) is 26.3 Å². The summed E-state index contributed by atoms with van der Waals surface area (Å²) in [5.41, 5.74) is 5.22. The maximum absolute atomic E-state index is 12.4. The summed E-state index contributed by atoms with van der Waals surface area (Å²) in [6, 6.07) is 0. The van der Waals surface area contributed by atoms with Crippen LogP contribution in [0.2, 0.25) is 0 Å². The van der Waals surface area contributed by atoms with Gasteiger partial charge in [0, 0.05) is 19.5 Å². The van der Waals surface area contributed by atoms with Gasteiger partial charge in [-0.3, -0.25) is 9.59 Å². The molecule has 23 heavy (non-hydrogen) atoms. The third kappa shape index (κ3) is 10.9. The van der Waals surface area contributed by atoms with Crippen LogP contribution in [-0.4, -0.2) is 53.2 Å². The average molecular weight is 328 g/mol. The SMILES string of the molecule is CCCCCCCC=CC(CC(N)=O)C(=O)N(CCO)CCO. The standard InChI is InChI=1S/C17H32N2O4/c1-2-3-4-5-6-7-8-9-15(14-16(18)22)17(23)19(10-12-20)11-13-21/h8-9,15,20-21H,2-7,10-14H2,1H3,(H2,18,22). The van der Waals surface area contributed by atoms with E-state index in [9.17, 15) is 9.59 Å². The number of unbranched alkanes of at least 4 members (excludes halogenated alkanes) is 5. The van der Waals surface area contributed by atoms with Gasteiger partial charge in [0.1, 0.15) is 0 Å². The van der Waals surface area contributed by atoms with Gasteiger partial charge >= 0.3 is 0 Å². The van der Waals surface area contributed by atoms with Crippen LogP contribution in [0.15, 0.2) is 12.2 Å². The van der Waals surface area contributed by atoms with Gasteiger partial charge in [-0.15, -0.1) is 0 Å². The summed E-state index contributed by atoms with van der Waals surface area (Å²) < 4.78 is 0. The summed E-state index contributed by atoms with van der Waals surface area (Å²) in [5.74, 6) is -1.45. The minimum atomic E-state index is -0.624. The Balaban J connectivity index is 4.53. The normalized spacial score (nSPS) is 12.5. The number of primary amides is 1. The smallest absolute Gasteiger partial charge is 0.230 e. The van der Waals surface area contributed by atoms with Crippen molar-refractivity contribution in [1.82, 2.24) is 4.90 Å². The molecule has 0 spiro atoms. The Bertz CT molecular complexity index is 353. The maximum Gasteiger partial charge on any atom is 0.230 e. The Labute approximate surface area is 139 Å². The molecular weight excluding hydrogens is 296 g/mol. The van der Waals surface area contributed by atoms with Crippen LogP contribution in [-0.2, 0) is 9.59 Å². The first-order valence-corrected chi connectivity index (χ1v) is 8.52. The fraction of sp³-hybridized carbons (Fsp3) is 0.765. The van der Waals surface area contributed by atoms with E-state index in [1.807, 2.05) is 6.08 Å². The van der Waals surface area contributed by atoms with Gasteiger partial charge in [-0.25, -0.2) is 0 Å². The van der Waals surface area contributed by atoms with E-state index in [-0.39, 0.29) is 38.6 Å². The van der Waals surface area contributed by atoms with Gasteiger partial charge in [0.15, 0.2) is 0 Å². The highest BCUT2D eigenvalue weighted by Gasteiger charge is 2.23. The van der Waals surface area contributed by atoms with Crippen LogP contribution >= 0.6 is 0 Å². The first kappa shape index (κ1) is 21.6. The van der Waals surface area contributed by atoms with E-state index < -0.39 is 11.8 Å². The van der Waals surface area contributed by atoms with Crippen molar-refractivity contribution in [2.45, 2.75) is 51.9 Å². The Morgan fingerprint density at radius 2 is 1.70 bits per heavy atom. The zero-order valence-electron chi connectivity index (χ0n) is 14.2. The zero-order chi connectivity index (χ0) is 17.5. The number of rotatable bonds is 14. The fourth-order valence-electron chi connectivity index (χ4n) is 2.39. The lowest BCUT2D eigenvalue weighted by Crippen LogP contribution is -2.40. The molecule has 0 fully saturated rings. The Kier molecular flexibility index (Phi) is 13.3. The summed E-state index contributed by atoms with van der Waals surface area (Å²) in [7, 11) is 0. The quantitative estimate of drug-likeness (QED) is 0.329. The maximum atomic E-state index is 12.4. The number of nitrogens with zero attached hydrogens (tertiary/aromatic N) is 1. The van der Waals surface area contributed by atoms with Crippen LogP contribution < -0.4 is 5.73 Å². The molecule has 0 saturated heterocycles. The molecule has 6 nitrogen and oxygen atoms in total.